The van der Waals surface area contributed by atoms with Gasteiger partial charge in [0, 0.05) is 27.2 Å². The van der Waals surface area contributed by atoms with Gasteiger partial charge < -0.3 is 25.4 Å². The molecule has 1 heterocycles. The van der Waals surface area contributed by atoms with Gasteiger partial charge in [-0.3, -0.25) is 4.79 Å². The number of nitrogens with one attached hydrogen (secondary N) is 1. The number of methoxy groups -OCH3 is 1. The summed E-state index contributed by atoms with van der Waals surface area (Å²) in [6, 6.07) is 0. The first-order valence-corrected chi connectivity index (χ1v) is 7.82. The number of anilines is 2. The van der Waals surface area contributed by atoms with E-state index in [0.29, 0.717) is 29.5 Å². The van der Waals surface area contributed by atoms with Crippen molar-refractivity contribution in [2.75, 3.05) is 44.5 Å². The van der Waals surface area contributed by atoms with E-state index in [-0.39, 0.29) is 12.0 Å². The van der Waals surface area contributed by atoms with Gasteiger partial charge in [0.15, 0.2) is 5.75 Å². The van der Waals surface area contributed by atoms with Crippen molar-refractivity contribution in [3.05, 3.63) is 4.88 Å². The van der Waals surface area contributed by atoms with E-state index >= 15 is 0 Å². The lowest BCUT2D eigenvalue weighted by molar-refractivity contribution is 0.0967. The monoisotopic (exact) mass is 315 g/mol. The van der Waals surface area contributed by atoms with Gasteiger partial charge in [-0.05, 0) is 20.8 Å². The van der Waals surface area contributed by atoms with Crippen molar-refractivity contribution in [1.82, 2.24) is 5.32 Å². The number of nitrogens with two attached hydrogens (primary N) is 1. The summed E-state index contributed by atoms with van der Waals surface area (Å²) in [5.41, 5.74) is 6.52. The molecule has 0 unspecified atom stereocenters. The van der Waals surface area contributed by atoms with E-state index in [9.17, 15) is 4.79 Å². The molecule has 1 aromatic heterocycles. The number of carbonyl (C=O) groups excluding carboxylic acids is 1. The topological polar surface area (TPSA) is 76.8 Å². The molecule has 0 aromatic carbocycles. The summed E-state index contributed by atoms with van der Waals surface area (Å²) in [5, 5.41) is 3.48. The smallest absolute Gasteiger partial charge is 0.263 e. The fourth-order valence-electron chi connectivity index (χ4n) is 1.86. The standard InChI is InChI=1S/C14H25N3O3S/c1-6-17(7-8-19-5)14-11(20-9(2)3)10(15)12(21-14)13(18)16-4/h9H,6-8,15H2,1-5H3,(H,16,18). The molecule has 0 spiro atoms. The number of ether oxygens (including phenoxy) is 2. The van der Waals surface area contributed by atoms with Crippen molar-refractivity contribution in [3.63, 3.8) is 0 Å². The maximum Gasteiger partial charge on any atom is 0.263 e. The third-order valence-electron chi connectivity index (χ3n) is 2.90. The van der Waals surface area contributed by atoms with Gasteiger partial charge in [0.25, 0.3) is 5.91 Å². The summed E-state index contributed by atoms with van der Waals surface area (Å²) in [5.74, 6) is 0.395. The predicted molar refractivity (Wildman–Crippen MR) is 87.6 cm³/mol. The Hall–Kier alpha value is -1.47. The minimum absolute atomic E-state index is 0.0145. The Bertz CT molecular complexity index is 474. The van der Waals surface area contributed by atoms with Crippen molar-refractivity contribution in [3.8, 4) is 5.75 Å². The first kappa shape index (κ1) is 17.6. The molecule has 1 amide bonds. The van der Waals surface area contributed by atoms with Gasteiger partial charge in [-0.15, -0.1) is 11.3 Å². The van der Waals surface area contributed by atoms with E-state index in [1.54, 1.807) is 14.2 Å². The zero-order chi connectivity index (χ0) is 16.0. The van der Waals surface area contributed by atoms with Gasteiger partial charge in [0.2, 0.25) is 0 Å². The summed E-state index contributed by atoms with van der Waals surface area (Å²) in [6.45, 7) is 8.02. The second-order valence-corrected chi connectivity index (χ2v) is 5.80. The van der Waals surface area contributed by atoms with Gasteiger partial charge in [0.05, 0.1) is 12.7 Å². The molecule has 0 aliphatic rings. The van der Waals surface area contributed by atoms with E-state index in [2.05, 4.69) is 10.2 Å². The number of nitrogen functional groups attached to an aromatic ring is 1. The first-order valence-electron chi connectivity index (χ1n) is 7.01. The Morgan fingerprint density at radius 2 is 2.14 bits per heavy atom. The van der Waals surface area contributed by atoms with Gasteiger partial charge >= 0.3 is 0 Å². The second kappa shape index (κ2) is 8.09. The fraction of sp³-hybridized carbons (Fsp3) is 0.643. The highest BCUT2D eigenvalue weighted by atomic mass is 32.1. The lowest BCUT2D eigenvalue weighted by Gasteiger charge is -2.23. The van der Waals surface area contributed by atoms with Crippen LogP contribution < -0.4 is 20.7 Å². The Morgan fingerprint density at radius 1 is 1.48 bits per heavy atom. The Balaban J connectivity index is 3.23. The largest absolute Gasteiger partial charge is 0.486 e. The molecule has 0 saturated heterocycles. The summed E-state index contributed by atoms with van der Waals surface area (Å²) in [6.07, 6.45) is -0.0145. The summed E-state index contributed by atoms with van der Waals surface area (Å²) in [7, 11) is 3.25. The third kappa shape index (κ3) is 4.25. The average molecular weight is 315 g/mol. The minimum Gasteiger partial charge on any atom is -0.486 e. The van der Waals surface area contributed by atoms with Crippen LogP contribution in [0.2, 0.25) is 0 Å². The van der Waals surface area contributed by atoms with Crippen molar-refractivity contribution in [2.45, 2.75) is 26.9 Å². The van der Waals surface area contributed by atoms with E-state index < -0.39 is 0 Å². The third-order valence-corrected chi connectivity index (χ3v) is 4.15. The van der Waals surface area contributed by atoms with Crippen LogP contribution in [0, 0.1) is 0 Å². The number of amides is 1. The molecular weight excluding hydrogens is 290 g/mol. The van der Waals surface area contributed by atoms with Crippen molar-refractivity contribution < 1.29 is 14.3 Å². The number of nitrogens with zero attached hydrogens (tertiary/aromatic N) is 1. The summed E-state index contributed by atoms with van der Waals surface area (Å²) < 4.78 is 11.0. The Labute approximate surface area is 130 Å². The number of rotatable bonds is 8. The van der Waals surface area contributed by atoms with Crippen LogP contribution in [0.25, 0.3) is 0 Å². The molecule has 0 aliphatic carbocycles. The van der Waals surface area contributed by atoms with E-state index in [0.717, 1.165) is 11.5 Å². The van der Waals surface area contributed by atoms with E-state index in [4.69, 9.17) is 15.2 Å². The molecule has 1 aromatic rings. The molecule has 0 fully saturated rings. The molecule has 0 aliphatic heterocycles. The Morgan fingerprint density at radius 3 is 2.62 bits per heavy atom. The molecule has 3 N–H and O–H groups in total. The molecule has 0 atom stereocenters. The fourth-order valence-corrected chi connectivity index (χ4v) is 3.05. The molecular formula is C14H25N3O3S. The second-order valence-electron chi connectivity index (χ2n) is 4.80. The molecule has 0 bridgehead atoms. The predicted octanol–water partition coefficient (Wildman–Crippen LogP) is 1.95. The number of likely N-dealkylation sites (N-methyl/N-ethyl adjacent to an activating group) is 1. The molecule has 120 valence electrons. The molecule has 0 radical (unpaired) electrons. The van der Waals surface area contributed by atoms with Crippen LogP contribution in [0.3, 0.4) is 0 Å². The normalized spacial score (nSPS) is 10.8. The SMILES string of the molecule is CCN(CCOC)c1sc(C(=O)NC)c(N)c1OC(C)C. The van der Waals surface area contributed by atoms with Crippen LogP contribution in [-0.4, -0.2) is 45.9 Å². The summed E-state index contributed by atoms with van der Waals surface area (Å²) >= 11 is 1.35. The molecule has 0 saturated carbocycles. The van der Waals surface area contributed by atoms with Crippen LogP contribution in [0.1, 0.15) is 30.4 Å². The lowest BCUT2D eigenvalue weighted by Crippen LogP contribution is -2.26. The van der Waals surface area contributed by atoms with Gasteiger partial charge in [-0.1, -0.05) is 0 Å². The number of hydrogen-bond acceptors (Lipinski definition) is 6. The van der Waals surface area contributed by atoms with E-state index in [1.807, 2.05) is 20.8 Å². The van der Waals surface area contributed by atoms with E-state index in [1.165, 1.54) is 11.3 Å². The zero-order valence-corrected chi connectivity index (χ0v) is 14.2. The van der Waals surface area contributed by atoms with Crippen LogP contribution in [0.5, 0.6) is 5.75 Å². The van der Waals surface area contributed by atoms with Gasteiger partial charge in [-0.2, -0.15) is 0 Å². The van der Waals surface area contributed by atoms with Crippen molar-refractivity contribution in [2.24, 2.45) is 0 Å². The van der Waals surface area contributed by atoms with Gasteiger partial charge in [0.1, 0.15) is 15.6 Å². The quantitative estimate of drug-likeness (QED) is 0.767. The van der Waals surface area contributed by atoms with Crippen molar-refractivity contribution >= 4 is 27.9 Å². The highest BCUT2D eigenvalue weighted by Crippen LogP contribution is 2.45. The van der Waals surface area contributed by atoms with Crippen LogP contribution in [0.15, 0.2) is 0 Å². The molecule has 1 rings (SSSR count). The van der Waals surface area contributed by atoms with Crippen molar-refractivity contribution in [1.29, 1.82) is 0 Å². The van der Waals surface area contributed by atoms with Crippen LogP contribution >= 0.6 is 11.3 Å². The molecule has 6 nitrogen and oxygen atoms in total. The minimum atomic E-state index is -0.194. The number of carbonyl (C=O) groups is 1. The number of hydrogen-bond donors (Lipinski definition) is 2. The van der Waals surface area contributed by atoms with Gasteiger partial charge in [-0.25, -0.2) is 0 Å². The highest BCUT2D eigenvalue weighted by molar-refractivity contribution is 7.19. The summed E-state index contributed by atoms with van der Waals surface area (Å²) in [4.78, 5) is 14.5. The number of thiophene rings is 1. The Kier molecular flexibility index (Phi) is 6.77. The maximum absolute atomic E-state index is 11.9. The maximum atomic E-state index is 11.9. The van der Waals surface area contributed by atoms with Crippen LogP contribution in [-0.2, 0) is 4.74 Å². The highest BCUT2D eigenvalue weighted by Gasteiger charge is 2.25. The van der Waals surface area contributed by atoms with Crippen LogP contribution in [0.4, 0.5) is 10.7 Å². The lowest BCUT2D eigenvalue weighted by atomic mass is 10.3. The zero-order valence-electron chi connectivity index (χ0n) is 13.4. The molecule has 7 heteroatoms. The first-order chi connectivity index (χ1) is 9.96. The average Bonchev–Trinajstić information content (AvgIpc) is 2.76. The molecule has 21 heavy (non-hydrogen) atoms.